The SMILES string of the molecule is Cc1c(N)cccc1NCCOCC(C)C. The minimum absolute atomic E-state index is 0.592. The maximum atomic E-state index is 5.82. The monoisotopic (exact) mass is 222 g/mol. The molecule has 0 amide bonds. The highest BCUT2D eigenvalue weighted by Crippen LogP contribution is 2.19. The molecule has 3 N–H and O–H groups in total. The Hall–Kier alpha value is -1.22. The predicted molar refractivity (Wildman–Crippen MR) is 69.7 cm³/mol. The first-order chi connectivity index (χ1) is 7.61. The van der Waals surface area contributed by atoms with E-state index in [1.165, 1.54) is 0 Å². The third kappa shape index (κ3) is 4.11. The number of benzene rings is 1. The van der Waals surface area contributed by atoms with Gasteiger partial charge in [0.1, 0.15) is 0 Å². The highest BCUT2D eigenvalue weighted by molar-refractivity contribution is 5.62. The van der Waals surface area contributed by atoms with Gasteiger partial charge in [0.2, 0.25) is 0 Å². The van der Waals surface area contributed by atoms with Crippen molar-refractivity contribution in [3.05, 3.63) is 23.8 Å². The third-order valence-corrected chi connectivity index (χ3v) is 2.39. The number of hydrogen-bond acceptors (Lipinski definition) is 3. The number of ether oxygens (including phenoxy) is 1. The van der Waals surface area contributed by atoms with Gasteiger partial charge in [0.15, 0.2) is 0 Å². The van der Waals surface area contributed by atoms with E-state index in [9.17, 15) is 0 Å². The van der Waals surface area contributed by atoms with Gasteiger partial charge in [-0.15, -0.1) is 0 Å². The molecule has 0 aromatic heterocycles. The quantitative estimate of drug-likeness (QED) is 0.574. The summed E-state index contributed by atoms with van der Waals surface area (Å²) in [5.74, 6) is 0.592. The van der Waals surface area contributed by atoms with Gasteiger partial charge in [-0.1, -0.05) is 19.9 Å². The molecule has 90 valence electrons. The lowest BCUT2D eigenvalue weighted by atomic mass is 10.1. The molecule has 0 aliphatic carbocycles. The summed E-state index contributed by atoms with van der Waals surface area (Å²) in [6, 6.07) is 5.91. The lowest BCUT2D eigenvalue weighted by Gasteiger charge is -2.12. The van der Waals surface area contributed by atoms with Gasteiger partial charge in [-0.05, 0) is 30.5 Å². The summed E-state index contributed by atoms with van der Waals surface area (Å²) in [6.07, 6.45) is 0. The number of nitrogen functional groups attached to an aromatic ring is 1. The van der Waals surface area contributed by atoms with E-state index < -0.39 is 0 Å². The van der Waals surface area contributed by atoms with E-state index in [0.717, 1.165) is 36.7 Å². The van der Waals surface area contributed by atoms with E-state index in [0.29, 0.717) is 5.92 Å². The number of hydrogen-bond donors (Lipinski definition) is 2. The maximum absolute atomic E-state index is 5.82. The van der Waals surface area contributed by atoms with Crippen molar-refractivity contribution in [2.24, 2.45) is 5.92 Å². The highest BCUT2D eigenvalue weighted by atomic mass is 16.5. The van der Waals surface area contributed by atoms with E-state index >= 15 is 0 Å². The summed E-state index contributed by atoms with van der Waals surface area (Å²) in [5.41, 5.74) is 8.84. The van der Waals surface area contributed by atoms with E-state index in [4.69, 9.17) is 10.5 Å². The Balaban J connectivity index is 2.29. The van der Waals surface area contributed by atoms with E-state index in [1.54, 1.807) is 0 Å². The minimum Gasteiger partial charge on any atom is -0.398 e. The molecule has 16 heavy (non-hydrogen) atoms. The van der Waals surface area contributed by atoms with Crippen LogP contribution >= 0.6 is 0 Å². The highest BCUT2D eigenvalue weighted by Gasteiger charge is 2.00. The van der Waals surface area contributed by atoms with Crippen molar-refractivity contribution in [3.8, 4) is 0 Å². The van der Waals surface area contributed by atoms with E-state index in [1.807, 2.05) is 25.1 Å². The molecule has 3 heteroatoms. The topological polar surface area (TPSA) is 47.3 Å². The van der Waals surface area contributed by atoms with Crippen molar-refractivity contribution in [3.63, 3.8) is 0 Å². The molecule has 0 atom stereocenters. The molecule has 0 saturated carbocycles. The summed E-state index contributed by atoms with van der Waals surface area (Å²) < 4.78 is 5.49. The Morgan fingerprint density at radius 3 is 2.81 bits per heavy atom. The van der Waals surface area contributed by atoms with Gasteiger partial charge < -0.3 is 15.8 Å². The third-order valence-electron chi connectivity index (χ3n) is 2.39. The fraction of sp³-hybridized carbons (Fsp3) is 0.538. The van der Waals surface area contributed by atoms with Crippen LogP contribution in [0.2, 0.25) is 0 Å². The fourth-order valence-corrected chi connectivity index (χ4v) is 1.42. The van der Waals surface area contributed by atoms with E-state index in [-0.39, 0.29) is 0 Å². The average molecular weight is 222 g/mol. The average Bonchev–Trinajstić information content (AvgIpc) is 2.23. The summed E-state index contributed by atoms with van der Waals surface area (Å²) >= 11 is 0. The van der Waals surface area contributed by atoms with Gasteiger partial charge in [0.05, 0.1) is 6.61 Å². The Morgan fingerprint density at radius 2 is 2.12 bits per heavy atom. The van der Waals surface area contributed by atoms with Gasteiger partial charge in [-0.2, -0.15) is 0 Å². The summed E-state index contributed by atoms with van der Waals surface area (Å²) in [7, 11) is 0. The molecule has 0 aliphatic heterocycles. The molecule has 1 aromatic carbocycles. The van der Waals surface area contributed by atoms with Crippen molar-refractivity contribution in [1.82, 2.24) is 0 Å². The van der Waals surface area contributed by atoms with Crippen LogP contribution in [0.15, 0.2) is 18.2 Å². The molecule has 3 nitrogen and oxygen atoms in total. The summed E-state index contributed by atoms with van der Waals surface area (Å²) in [4.78, 5) is 0. The largest absolute Gasteiger partial charge is 0.398 e. The molecule has 0 fully saturated rings. The molecule has 1 rings (SSSR count). The van der Waals surface area contributed by atoms with Crippen molar-refractivity contribution in [2.45, 2.75) is 20.8 Å². The smallest absolute Gasteiger partial charge is 0.0639 e. The predicted octanol–water partition coefficient (Wildman–Crippen LogP) is 2.66. The van der Waals surface area contributed by atoms with Gasteiger partial charge in [0.25, 0.3) is 0 Å². The second kappa shape index (κ2) is 6.38. The fourth-order valence-electron chi connectivity index (χ4n) is 1.42. The molecule has 0 radical (unpaired) electrons. The van der Waals surface area contributed by atoms with Gasteiger partial charge in [-0.3, -0.25) is 0 Å². The van der Waals surface area contributed by atoms with Crippen LogP contribution in [-0.2, 0) is 4.74 Å². The maximum Gasteiger partial charge on any atom is 0.0639 e. The Morgan fingerprint density at radius 1 is 1.38 bits per heavy atom. The molecule has 1 aromatic rings. The van der Waals surface area contributed by atoms with Gasteiger partial charge in [-0.25, -0.2) is 0 Å². The van der Waals surface area contributed by atoms with Crippen LogP contribution in [-0.4, -0.2) is 19.8 Å². The molecule has 0 saturated heterocycles. The Bertz CT molecular complexity index is 324. The molecule has 0 aliphatic rings. The second-order valence-electron chi connectivity index (χ2n) is 4.42. The first-order valence-corrected chi connectivity index (χ1v) is 5.78. The summed E-state index contributed by atoms with van der Waals surface area (Å²) in [6.45, 7) is 8.68. The molecular weight excluding hydrogens is 200 g/mol. The number of nitrogens with two attached hydrogens (primary N) is 1. The lowest BCUT2D eigenvalue weighted by Crippen LogP contribution is -2.12. The van der Waals surface area contributed by atoms with Crippen molar-refractivity contribution >= 4 is 11.4 Å². The van der Waals surface area contributed by atoms with Crippen molar-refractivity contribution in [1.29, 1.82) is 0 Å². The number of anilines is 2. The molecular formula is C13H22N2O. The summed E-state index contributed by atoms with van der Waals surface area (Å²) in [5, 5.41) is 3.32. The van der Waals surface area contributed by atoms with Crippen LogP contribution in [0.1, 0.15) is 19.4 Å². The lowest BCUT2D eigenvalue weighted by molar-refractivity contribution is 0.118. The van der Waals surface area contributed by atoms with Crippen LogP contribution in [0.5, 0.6) is 0 Å². The Kier molecular flexibility index (Phi) is 5.12. The molecule has 0 spiro atoms. The van der Waals surface area contributed by atoms with Crippen LogP contribution in [0.25, 0.3) is 0 Å². The number of nitrogens with one attached hydrogen (secondary N) is 1. The first kappa shape index (κ1) is 12.8. The first-order valence-electron chi connectivity index (χ1n) is 5.78. The zero-order valence-electron chi connectivity index (χ0n) is 10.4. The number of rotatable bonds is 6. The van der Waals surface area contributed by atoms with Gasteiger partial charge in [0, 0.05) is 24.5 Å². The van der Waals surface area contributed by atoms with Crippen LogP contribution in [0.3, 0.4) is 0 Å². The normalized spacial score (nSPS) is 10.8. The van der Waals surface area contributed by atoms with Crippen LogP contribution in [0, 0.1) is 12.8 Å². The minimum atomic E-state index is 0.592. The molecule has 0 unspecified atom stereocenters. The van der Waals surface area contributed by atoms with E-state index in [2.05, 4.69) is 19.2 Å². The Labute approximate surface area is 98.0 Å². The van der Waals surface area contributed by atoms with Crippen molar-refractivity contribution in [2.75, 3.05) is 30.8 Å². The zero-order chi connectivity index (χ0) is 12.0. The van der Waals surface area contributed by atoms with Gasteiger partial charge >= 0.3 is 0 Å². The molecule has 0 bridgehead atoms. The standard InChI is InChI=1S/C13H22N2O/c1-10(2)9-16-8-7-15-13-6-4-5-12(14)11(13)3/h4-6,10,15H,7-9,14H2,1-3H3. The van der Waals surface area contributed by atoms with Crippen LogP contribution < -0.4 is 11.1 Å². The zero-order valence-corrected chi connectivity index (χ0v) is 10.4. The molecule has 0 heterocycles. The van der Waals surface area contributed by atoms with Crippen molar-refractivity contribution < 1.29 is 4.74 Å². The second-order valence-corrected chi connectivity index (χ2v) is 4.42. The van der Waals surface area contributed by atoms with Crippen LogP contribution in [0.4, 0.5) is 11.4 Å².